The maximum Gasteiger partial charge on any atom is 0.242 e. The number of carbonyl (C=O) groups excluding carboxylic acids is 1. The van der Waals surface area contributed by atoms with Gasteiger partial charge in [-0.3, -0.25) is 14.7 Å². The van der Waals surface area contributed by atoms with Crippen molar-refractivity contribution in [2.45, 2.75) is 31.5 Å². The normalized spacial score (nSPS) is 21.2. The predicted molar refractivity (Wildman–Crippen MR) is 117 cm³/mol. The largest absolute Gasteiger partial charge is 0.335 e. The van der Waals surface area contributed by atoms with Crippen LogP contribution >= 0.6 is 11.6 Å². The number of halogens is 1. The van der Waals surface area contributed by atoms with Crippen LogP contribution in [0, 0.1) is 0 Å². The van der Waals surface area contributed by atoms with Crippen molar-refractivity contribution in [1.29, 1.82) is 0 Å². The van der Waals surface area contributed by atoms with Gasteiger partial charge in [-0.25, -0.2) is 4.98 Å². The second-order valence-corrected chi connectivity index (χ2v) is 8.62. The van der Waals surface area contributed by atoms with Gasteiger partial charge in [0.05, 0.1) is 17.7 Å². The van der Waals surface area contributed by atoms with Gasteiger partial charge in [0.15, 0.2) is 0 Å². The third-order valence-electron chi connectivity index (χ3n) is 6.34. The third kappa shape index (κ3) is 3.50. The molecular weight excluding hydrogens is 398 g/mol. The van der Waals surface area contributed by atoms with Crippen LogP contribution in [-0.2, 0) is 11.3 Å². The number of rotatable bonds is 4. The van der Waals surface area contributed by atoms with E-state index in [1.165, 1.54) is 6.42 Å². The zero-order valence-electron chi connectivity index (χ0n) is 16.9. The Labute approximate surface area is 181 Å². The molecule has 3 aliphatic rings. The average molecular weight is 422 g/mol. The molecule has 5 heterocycles. The number of amides is 1. The molecule has 2 bridgehead atoms. The second kappa shape index (κ2) is 7.85. The van der Waals surface area contributed by atoms with Gasteiger partial charge in [0.25, 0.3) is 0 Å². The van der Waals surface area contributed by atoms with Gasteiger partial charge in [-0.15, -0.1) is 0 Å². The fourth-order valence-corrected chi connectivity index (χ4v) is 4.84. The van der Waals surface area contributed by atoms with Crippen molar-refractivity contribution in [3.8, 4) is 22.5 Å². The topological polar surface area (TPSA) is 54.3 Å². The molecule has 1 aromatic carbocycles. The van der Waals surface area contributed by atoms with Gasteiger partial charge in [0, 0.05) is 53.7 Å². The summed E-state index contributed by atoms with van der Waals surface area (Å²) in [6.45, 7) is 2.07. The molecule has 0 aliphatic carbocycles. The Balaban J connectivity index is 1.48. The highest BCUT2D eigenvalue weighted by atomic mass is 35.5. The first kappa shape index (κ1) is 19.3. The van der Waals surface area contributed by atoms with E-state index < -0.39 is 0 Å². The van der Waals surface area contributed by atoms with Gasteiger partial charge in [-0.2, -0.15) is 0 Å². The molecule has 0 spiro atoms. The number of likely N-dealkylation sites (N-methyl/N-ethyl adjacent to an activating group) is 1. The van der Waals surface area contributed by atoms with Crippen LogP contribution in [-0.4, -0.2) is 62.5 Å². The van der Waals surface area contributed by atoms with E-state index in [1.807, 2.05) is 41.0 Å². The summed E-state index contributed by atoms with van der Waals surface area (Å²) in [5.74, 6) is 0.160. The lowest BCUT2D eigenvalue weighted by molar-refractivity contribution is -0.141. The van der Waals surface area contributed by atoms with Crippen LogP contribution in [0.3, 0.4) is 0 Å². The van der Waals surface area contributed by atoms with Gasteiger partial charge < -0.3 is 9.47 Å². The number of nitrogens with zero attached hydrogens (tertiary/aromatic N) is 5. The van der Waals surface area contributed by atoms with E-state index in [2.05, 4.69) is 26.8 Å². The molecule has 3 saturated heterocycles. The summed E-state index contributed by atoms with van der Waals surface area (Å²) in [7, 11) is 2.16. The number of hydrogen-bond donors (Lipinski definition) is 0. The Morgan fingerprint density at radius 2 is 1.77 bits per heavy atom. The minimum absolute atomic E-state index is 0.160. The number of benzene rings is 1. The first-order valence-electron chi connectivity index (χ1n) is 10.3. The first-order valence-corrected chi connectivity index (χ1v) is 10.7. The minimum atomic E-state index is 0.160. The molecule has 0 saturated carbocycles. The summed E-state index contributed by atoms with van der Waals surface area (Å²) in [6, 6.07) is 12.3. The molecule has 6 rings (SSSR count). The molecule has 3 aromatic rings. The molecular formula is C23H24ClN5O. The molecule has 30 heavy (non-hydrogen) atoms. The summed E-state index contributed by atoms with van der Waals surface area (Å²) in [5.41, 5.74) is 3.72. The predicted octanol–water partition coefficient (Wildman–Crippen LogP) is 3.57. The fourth-order valence-electron chi connectivity index (χ4n) is 4.71. The van der Waals surface area contributed by atoms with Gasteiger partial charge in [-0.1, -0.05) is 23.7 Å². The van der Waals surface area contributed by atoms with Crippen LogP contribution < -0.4 is 0 Å². The molecule has 7 heteroatoms. The molecule has 1 unspecified atom stereocenters. The highest BCUT2D eigenvalue weighted by Crippen LogP contribution is 2.33. The van der Waals surface area contributed by atoms with E-state index in [9.17, 15) is 4.79 Å². The molecule has 6 nitrogen and oxygen atoms in total. The van der Waals surface area contributed by atoms with Crippen LogP contribution in [0.15, 0.2) is 55.1 Å². The number of carbonyl (C=O) groups is 1. The summed E-state index contributed by atoms with van der Waals surface area (Å²) >= 11 is 6.07. The molecule has 2 atom stereocenters. The quantitative estimate of drug-likeness (QED) is 0.646. The smallest absolute Gasteiger partial charge is 0.242 e. The summed E-state index contributed by atoms with van der Waals surface area (Å²) in [5, 5.41) is 0.684. The van der Waals surface area contributed by atoms with Crippen LogP contribution in [0.1, 0.15) is 12.8 Å². The van der Waals surface area contributed by atoms with Crippen molar-refractivity contribution in [1.82, 2.24) is 24.3 Å². The van der Waals surface area contributed by atoms with Gasteiger partial charge in [0.1, 0.15) is 6.54 Å². The van der Waals surface area contributed by atoms with Crippen LogP contribution in [0.5, 0.6) is 0 Å². The summed E-state index contributed by atoms with van der Waals surface area (Å²) in [6.07, 6.45) is 7.57. The summed E-state index contributed by atoms with van der Waals surface area (Å²) < 4.78 is 1.97. The van der Waals surface area contributed by atoms with E-state index in [0.717, 1.165) is 42.0 Å². The Morgan fingerprint density at radius 1 is 1.03 bits per heavy atom. The lowest BCUT2D eigenvalue weighted by atomic mass is 9.91. The standard InChI is InChI=1S/C23H24ClN5O/c1-27-12-20-7-6-19(27)13-29(20)21(30)14-28-15-26-22(16-2-4-18(24)5-3-16)23(28)17-8-10-25-11-9-17/h2-5,8-11,15,19-20H,6-7,12-14H2,1H3/t19-,20?/m1/s1. The molecule has 0 radical (unpaired) electrons. The van der Waals surface area contributed by atoms with E-state index >= 15 is 0 Å². The van der Waals surface area contributed by atoms with E-state index in [0.29, 0.717) is 17.1 Å². The lowest BCUT2D eigenvalue weighted by Gasteiger charge is -2.50. The Morgan fingerprint density at radius 3 is 2.43 bits per heavy atom. The summed E-state index contributed by atoms with van der Waals surface area (Å²) in [4.78, 5) is 26.5. The molecule has 3 aliphatic heterocycles. The molecule has 2 aromatic heterocycles. The zero-order chi connectivity index (χ0) is 20.7. The number of fused-ring (bicyclic) bond motifs is 3. The second-order valence-electron chi connectivity index (χ2n) is 8.18. The van der Waals surface area contributed by atoms with E-state index in [4.69, 9.17) is 11.6 Å². The number of pyridine rings is 1. The highest BCUT2D eigenvalue weighted by Gasteiger charge is 2.39. The molecule has 1 amide bonds. The third-order valence-corrected chi connectivity index (χ3v) is 6.59. The fraction of sp³-hybridized carbons (Fsp3) is 0.348. The number of hydrogen-bond acceptors (Lipinski definition) is 4. The van der Waals surface area contributed by atoms with Crippen molar-refractivity contribution >= 4 is 17.5 Å². The van der Waals surface area contributed by atoms with Gasteiger partial charge in [-0.05, 0) is 44.2 Å². The van der Waals surface area contributed by atoms with Crippen molar-refractivity contribution < 1.29 is 4.79 Å². The van der Waals surface area contributed by atoms with Crippen molar-refractivity contribution in [3.05, 3.63) is 60.1 Å². The van der Waals surface area contributed by atoms with Crippen LogP contribution in [0.2, 0.25) is 5.02 Å². The maximum atomic E-state index is 13.3. The average Bonchev–Trinajstić information content (AvgIpc) is 3.18. The molecule has 154 valence electrons. The molecule has 3 fully saturated rings. The van der Waals surface area contributed by atoms with Gasteiger partial charge >= 0.3 is 0 Å². The maximum absolute atomic E-state index is 13.3. The van der Waals surface area contributed by atoms with E-state index in [1.54, 1.807) is 18.7 Å². The van der Waals surface area contributed by atoms with Gasteiger partial charge in [0.2, 0.25) is 5.91 Å². The highest BCUT2D eigenvalue weighted by molar-refractivity contribution is 6.30. The van der Waals surface area contributed by atoms with Crippen molar-refractivity contribution in [3.63, 3.8) is 0 Å². The number of piperidine rings is 2. The number of imidazole rings is 1. The molecule has 0 N–H and O–H groups in total. The van der Waals surface area contributed by atoms with Crippen molar-refractivity contribution in [2.24, 2.45) is 0 Å². The minimum Gasteiger partial charge on any atom is -0.335 e. The Kier molecular flexibility index (Phi) is 5.05. The Hall–Kier alpha value is -2.70. The lowest BCUT2D eigenvalue weighted by Crippen LogP contribution is -2.63. The number of aromatic nitrogens is 3. The first-order chi connectivity index (χ1) is 14.6. The van der Waals surface area contributed by atoms with E-state index in [-0.39, 0.29) is 12.5 Å². The number of piperazine rings is 1. The Bertz CT molecular complexity index is 1050. The monoisotopic (exact) mass is 421 g/mol. The van der Waals surface area contributed by atoms with Crippen molar-refractivity contribution in [2.75, 3.05) is 20.1 Å². The van der Waals surface area contributed by atoms with Crippen LogP contribution in [0.25, 0.3) is 22.5 Å². The zero-order valence-corrected chi connectivity index (χ0v) is 17.7. The van der Waals surface area contributed by atoms with Crippen LogP contribution in [0.4, 0.5) is 0 Å². The SMILES string of the molecule is CN1CC2CC[C@@H]1CN2C(=O)Cn1cnc(-c2ccc(Cl)cc2)c1-c1ccncc1.